The molecular weight excluding hydrogens is 304 g/mol. The molecular formula is C15H11ClN4O2. The third kappa shape index (κ3) is 3.29. The minimum absolute atomic E-state index is 0.0843. The second-order valence-corrected chi connectivity index (χ2v) is 4.90. The lowest BCUT2D eigenvalue weighted by molar-refractivity contribution is 0.0907. The Morgan fingerprint density at radius 3 is 2.59 bits per heavy atom. The smallest absolute Gasteiger partial charge is 0.316 e. The maximum atomic E-state index is 12.0. The van der Waals surface area contributed by atoms with Crippen LogP contribution in [-0.4, -0.2) is 21.0 Å². The van der Waals surface area contributed by atoms with Crippen molar-refractivity contribution in [1.29, 1.82) is 0 Å². The first-order valence-corrected chi connectivity index (χ1v) is 6.87. The molecule has 7 heteroatoms. The summed E-state index contributed by atoms with van der Waals surface area (Å²) in [5, 5.41) is 7.11. The van der Waals surface area contributed by atoms with Crippen molar-refractivity contribution in [2.45, 2.75) is 6.54 Å². The number of hydrogen-bond donors (Lipinski definition) is 1. The monoisotopic (exact) mass is 314 g/mol. The van der Waals surface area contributed by atoms with E-state index in [-0.39, 0.29) is 5.89 Å². The zero-order valence-electron chi connectivity index (χ0n) is 11.4. The van der Waals surface area contributed by atoms with Gasteiger partial charge < -0.3 is 9.84 Å². The molecule has 0 aliphatic heterocycles. The van der Waals surface area contributed by atoms with Crippen molar-refractivity contribution >= 4 is 17.5 Å². The van der Waals surface area contributed by atoms with Crippen LogP contribution in [0.5, 0.6) is 0 Å². The van der Waals surface area contributed by atoms with E-state index < -0.39 is 5.91 Å². The summed E-state index contributed by atoms with van der Waals surface area (Å²) in [6.07, 6.45) is 3.32. The number of halogens is 1. The van der Waals surface area contributed by atoms with Gasteiger partial charge in [0.25, 0.3) is 0 Å². The Morgan fingerprint density at radius 2 is 1.86 bits per heavy atom. The number of carbonyl (C=O) groups is 1. The summed E-state index contributed by atoms with van der Waals surface area (Å²) in [4.78, 5) is 20.0. The van der Waals surface area contributed by atoms with Crippen molar-refractivity contribution in [2.24, 2.45) is 0 Å². The van der Waals surface area contributed by atoms with E-state index in [1.165, 1.54) is 0 Å². The number of hydrogen-bond acceptors (Lipinski definition) is 5. The number of rotatable bonds is 4. The standard InChI is InChI=1S/C15H11ClN4O2/c16-12-3-1-11(2-4-12)13-19-15(22-20-13)14(21)18-9-10-5-7-17-8-6-10/h1-8H,9H2,(H,18,21). The summed E-state index contributed by atoms with van der Waals surface area (Å²) in [6.45, 7) is 0.361. The zero-order chi connectivity index (χ0) is 15.4. The fourth-order valence-electron chi connectivity index (χ4n) is 1.79. The number of pyridine rings is 1. The van der Waals surface area contributed by atoms with Crippen molar-refractivity contribution in [3.8, 4) is 11.4 Å². The molecule has 3 aromatic rings. The highest BCUT2D eigenvalue weighted by atomic mass is 35.5. The average Bonchev–Trinajstić information content (AvgIpc) is 3.04. The van der Waals surface area contributed by atoms with E-state index >= 15 is 0 Å². The van der Waals surface area contributed by atoms with Crippen LogP contribution in [0.25, 0.3) is 11.4 Å². The van der Waals surface area contributed by atoms with E-state index in [0.29, 0.717) is 17.4 Å². The molecule has 1 N–H and O–H groups in total. The van der Waals surface area contributed by atoms with E-state index in [0.717, 1.165) is 11.1 Å². The predicted molar refractivity (Wildman–Crippen MR) is 80.2 cm³/mol. The predicted octanol–water partition coefficient (Wildman–Crippen LogP) is 2.72. The third-order valence-corrected chi connectivity index (χ3v) is 3.18. The Morgan fingerprint density at radius 1 is 1.14 bits per heavy atom. The van der Waals surface area contributed by atoms with Crippen LogP contribution in [0.2, 0.25) is 5.02 Å². The Bertz CT molecular complexity index is 772. The molecule has 110 valence electrons. The van der Waals surface area contributed by atoms with Gasteiger partial charge in [-0.1, -0.05) is 16.8 Å². The number of benzene rings is 1. The van der Waals surface area contributed by atoms with Gasteiger partial charge in [-0.3, -0.25) is 9.78 Å². The molecule has 22 heavy (non-hydrogen) atoms. The van der Waals surface area contributed by atoms with Crippen molar-refractivity contribution in [3.63, 3.8) is 0 Å². The zero-order valence-corrected chi connectivity index (χ0v) is 12.1. The SMILES string of the molecule is O=C(NCc1ccncc1)c1nc(-c2ccc(Cl)cc2)no1. The average molecular weight is 315 g/mol. The van der Waals surface area contributed by atoms with Crippen molar-refractivity contribution in [1.82, 2.24) is 20.4 Å². The number of nitrogens with zero attached hydrogens (tertiary/aromatic N) is 3. The molecule has 0 atom stereocenters. The molecule has 1 aromatic carbocycles. The summed E-state index contributed by atoms with van der Waals surface area (Å²) in [5.74, 6) is -0.172. The van der Waals surface area contributed by atoms with Crippen LogP contribution in [-0.2, 0) is 6.54 Å². The lowest BCUT2D eigenvalue weighted by Gasteiger charge is -2.01. The number of aromatic nitrogens is 3. The first-order valence-electron chi connectivity index (χ1n) is 6.49. The second-order valence-electron chi connectivity index (χ2n) is 4.47. The molecule has 2 heterocycles. The number of nitrogens with one attached hydrogen (secondary N) is 1. The maximum absolute atomic E-state index is 12.0. The Kier molecular flexibility index (Phi) is 4.11. The molecule has 6 nitrogen and oxygen atoms in total. The maximum Gasteiger partial charge on any atom is 0.316 e. The second kappa shape index (κ2) is 6.36. The van der Waals surface area contributed by atoms with E-state index in [4.69, 9.17) is 16.1 Å². The lowest BCUT2D eigenvalue weighted by Crippen LogP contribution is -2.23. The van der Waals surface area contributed by atoms with Gasteiger partial charge in [-0.25, -0.2) is 0 Å². The molecule has 0 saturated carbocycles. The molecule has 0 bridgehead atoms. The highest BCUT2D eigenvalue weighted by Crippen LogP contribution is 2.18. The minimum atomic E-state index is -0.426. The molecule has 2 aromatic heterocycles. The topological polar surface area (TPSA) is 80.9 Å². The number of amides is 1. The molecule has 3 rings (SSSR count). The Balaban J connectivity index is 1.68. The van der Waals surface area contributed by atoms with Crippen molar-refractivity contribution in [2.75, 3.05) is 0 Å². The van der Waals surface area contributed by atoms with E-state index in [1.54, 1.807) is 36.7 Å². The van der Waals surface area contributed by atoms with Crippen LogP contribution < -0.4 is 5.32 Å². The Labute approximate surface area is 131 Å². The first kappa shape index (κ1) is 14.2. The molecule has 0 aliphatic carbocycles. The van der Waals surface area contributed by atoms with Crippen molar-refractivity contribution in [3.05, 3.63) is 65.3 Å². The first-order chi connectivity index (χ1) is 10.7. The van der Waals surface area contributed by atoms with Gasteiger partial charge >= 0.3 is 11.8 Å². The summed E-state index contributed by atoms with van der Waals surface area (Å²) in [7, 11) is 0. The van der Waals surface area contributed by atoms with Gasteiger partial charge in [0.1, 0.15) is 0 Å². The van der Waals surface area contributed by atoms with Gasteiger partial charge in [-0.05, 0) is 42.0 Å². The summed E-state index contributed by atoms with van der Waals surface area (Å²) in [6, 6.07) is 10.6. The van der Waals surface area contributed by atoms with Gasteiger partial charge in [0, 0.05) is 29.5 Å². The van der Waals surface area contributed by atoms with Crippen LogP contribution in [0.15, 0.2) is 53.3 Å². The van der Waals surface area contributed by atoms with Gasteiger partial charge in [-0.15, -0.1) is 0 Å². The molecule has 1 amide bonds. The largest absolute Gasteiger partial charge is 0.344 e. The highest BCUT2D eigenvalue weighted by Gasteiger charge is 2.15. The highest BCUT2D eigenvalue weighted by molar-refractivity contribution is 6.30. The van der Waals surface area contributed by atoms with Crippen LogP contribution in [0.3, 0.4) is 0 Å². The van der Waals surface area contributed by atoms with Crippen LogP contribution >= 0.6 is 11.6 Å². The van der Waals surface area contributed by atoms with E-state index in [9.17, 15) is 4.79 Å². The molecule has 0 fully saturated rings. The summed E-state index contributed by atoms with van der Waals surface area (Å²) < 4.78 is 4.98. The fourth-order valence-corrected chi connectivity index (χ4v) is 1.92. The van der Waals surface area contributed by atoms with Crippen LogP contribution in [0.4, 0.5) is 0 Å². The molecule has 0 radical (unpaired) electrons. The molecule has 0 saturated heterocycles. The minimum Gasteiger partial charge on any atom is -0.344 e. The molecule has 0 spiro atoms. The third-order valence-electron chi connectivity index (χ3n) is 2.93. The van der Waals surface area contributed by atoms with Gasteiger partial charge in [0.15, 0.2) is 0 Å². The van der Waals surface area contributed by atoms with Crippen LogP contribution in [0, 0.1) is 0 Å². The van der Waals surface area contributed by atoms with E-state index in [1.807, 2.05) is 12.1 Å². The normalized spacial score (nSPS) is 10.4. The number of carbonyl (C=O) groups excluding carboxylic acids is 1. The fraction of sp³-hybridized carbons (Fsp3) is 0.0667. The lowest BCUT2D eigenvalue weighted by atomic mass is 10.2. The van der Waals surface area contributed by atoms with Crippen LogP contribution in [0.1, 0.15) is 16.2 Å². The van der Waals surface area contributed by atoms with Crippen molar-refractivity contribution < 1.29 is 9.32 Å². The van der Waals surface area contributed by atoms with Gasteiger partial charge in [-0.2, -0.15) is 4.98 Å². The quantitative estimate of drug-likeness (QED) is 0.800. The summed E-state index contributed by atoms with van der Waals surface area (Å²) >= 11 is 5.82. The Hall–Kier alpha value is -2.73. The molecule has 0 unspecified atom stereocenters. The summed E-state index contributed by atoms with van der Waals surface area (Å²) in [5.41, 5.74) is 1.65. The van der Waals surface area contributed by atoms with Gasteiger partial charge in [0.2, 0.25) is 5.82 Å². The molecule has 0 aliphatic rings. The van der Waals surface area contributed by atoms with Gasteiger partial charge in [0.05, 0.1) is 0 Å². The van der Waals surface area contributed by atoms with E-state index in [2.05, 4.69) is 20.4 Å².